The van der Waals surface area contributed by atoms with E-state index in [1.54, 1.807) is 23.1 Å². The Kier molecular flexibility index (Phi) is 6.14. The Morgan fingerprint density at radius 3 is 2.32 bits per heavy atom. The van der Waals surface area contributed by atoms with Crippen LogP contribution in [0.4, 0.5) is 0 Å². The van der Waals surface area contributed by atoms with Crippen molar-refractivity contribution in [2.24, 2.45) is 4.99 Å². The molecule has 2 aliphatic rings. The van der Waals surface area contributed by atoms with Gasteiger partial charge in [-0.1, -0.05) is 89.8 Å². The summed E-state index contributed by atoms with van der Waals surface area (Å²) >= 11 is 3.55. The van der Waals surface area contributed by atoms with Gasteiger partial charge in [0, 0.05) is 30.0 Å². The van der Waals surface area contributed by atoms with E-state index in [0.29, 0.717) is 0 Å². The van der Waals surface area contributed by atoms with Crippen molar-refractivity contribution in [2.75, 3.05) is 0 Å². The van der Waals surface area contributed by atoms with Gasteiger partial charge in [0.25, 0.3) is 0 Å². The van der Waals surface area contributed by atoms with E-state index in [1.807, 2.05) is 0 Å². The number of aromatic nitrogens is 2. The van der Waals surface area contributed by atoms with Gasteiger partial charge in [0.15, 0.2) is 16.5 Å². The van der Waals surface area contributed by atoms with E-state index in [4.69, 9.17) is 9.98 Å². The van der Waals surface area contributed by atoms with E-state index in [0.717, 1.165) is 32.9 Å². The zero-order chi connectivity index (χ0) is 25.5. The monoisotopic (exact) mass is 519 g/mol. The molecule has 2 aromatic heterocycles. The number of hydrogen-bond acceptors (Lipinski definition) is 5. The van der Waals surface area contributed by atoms with Crippen LogP contribution in [0.3, 0.4) is 0 Å². The fourth-order valence-corrected chi connectivity index (χ4v) is 7.12. The molecule has 182 valence electrons. The second kappa shape index (κ2) is 9.61. The highest BCUT2D eigenvalue weighted by atomic mass is 32.2. The summed E-state index contributed by atoms with van der Waals surface area (Å²) in [4.78, 5) is 14.5. The standard InChI is InChI=1S/C31H27N4S2/c1-20-18-22(3)34-26(36-28(30(34)32-20)24-12-7-5-8-13-24)16-11-17-27-35-23(4)19-21(2)33-31(35)29(37-27)25-14-9-6-10-15-25/h5-19H,1-4H3/q+1. The average molecular weight is 520 g/mol. The van der Waals surface area contributed by atoms with Crippen molar-refractivity contribution in [1.29, 1.82) is 0 Å². The Labute approximate surface area is 225 Å². The van der Waals surface area contributed by atoms with Crippen molar-refractivity contribution in [3.05, 3.63) is 123 Å². The van der Waals surface area contributed by atoms with Gasteiger partial charge in [0.1, 0.15) is 10.6 Å². The van der Waals surface area contributed by atoms with E-state index in [2.05, 4.69) is 128 Å². The van der Waals surface area contributed by atoms with Gasteiger partial charge >= 0.3 is 5.65 Å². The number of thioether (sulfide) groups is 1. The van der Waals surface area contributed by atoms with Crippen LogP contribution in [0.25, 0.3) is 27.1 Å². The Balaban J connectivity index is 1.41. The van der Waals surface area contributed by atoms with E-state index in [-0.39, 0.29) is 0 Å². The lowest BCUT2D eigenvalue weighted by atomic mass is 10.2. The number of aliphatic imine (C=N–C) groups is 1. The second-order valence-corrected chi connectivity index (χ2v) is 11.3. The summed E-state index contributed by atoms with van der Waals surface area (Å²) in [6.07, 6.45) is 8.68. The Bertz CT molecular complexity index is 1670. The van der Waals surface area contributed by atoms with Gasteiger partial charge in [0.05, 0.1) is 9.93 Å². The lowest BCUT2D eigenvalue weighted by Crippen LogP contribution is -2.27. The molecule has 0 aliphatic carbocycles. The van der Waals surface area contributed by atoms with Gasteiger partial charge in [-0.3, -0.25) is 4.90 Å². The molecule has 0 radical (unpaired) electrons. The van der Waals surface area contributed by atoms with Crippen molar-refractivity contribution in [1.82, 2.24) is 9.88 Å². The first-order valence-corrected chi connectivity index (χ1v) is 13.9. The smallest absolute Gasteiger partial charge is 0.292 e. The number of benzene rings is 2. The van der Waals surface area contributed by atoms with Crippen molar-refractivity contribution in [2.45, 2.75) is 27.7 Å². The molecular formula is C31H27N4S2+. The van der Waals surface area contributed by atoms with Crippen molar-refractivity contribution >= 4 is 45.4 Å². The number of thiazole rings is 1. The largest absolute Gasteiger partial charge is 0.347 e. The predicted molar refractivity (Wildman–Crippen MR) is 157 cm³/mol. The van der Waals surface area contributed by atoms with Gasteiger partial charge in [-0.05, 0) is 49.5 Å². The van der Waals surface area contributed by atoms with Crippen molar-refractivity contribution < 1.29 is 4.40 Å². The van der Waals surface area contributed by atoms with Crippen LogP contribution in [-0.2, 0) is 0 Å². The summed E-state index contributed by atoms with van der Waals surface area (Å²) < 4.78 is 2.26. The molecule has 0 N–H and O–H groups in total. The highest BCUT2D eigenvalue weighted by Crippen LogP contribution is 2.50. The molecule has 0 atom stereocenters. The number of fused-ring (bicyclic) bond motifs is 2. The molecule has 2 aliphatic heterocycles. The van der Waals surface area contributed by atoms with Gasteiger partial charge in [-0.2, -0.15) is 4.40 Å². The van der Waals surface area contributed by atoms with E-state index >= 15 is 0 Å². The summed E-state index contributed by atoms with van der Waals surface area (Å²) in [5.74, 6) is 1.01. The number of nitrogens with zero attached hydrogens (tertiary/aromatic N) is 4. The Morgan fingerprint density at radius 1 is 0.892 bits per heavy atom. The maximum absolute atomic E-state index is 4.92. The van der Waals surface area contributed by atoms with Gasteiger partial charge in [-0.25, -0.2) is 4.99 Å². The molecule has 0 fully saturated rings. The van der Waals surface area contributed by atoms with Crippen molar-refractivity contribution in [3.63, 3.8) is 0 Å². The molecule has 0 bridgehead atoms. The predicted octanol–water partition coefficient (Wildman–Crippen LogP) is 7.77. The molecule has 6 heteroatoms. The normalized spacial score (nSPS) is 16.6. The van der Waals surface area contributed by atoms with Crippen LogP contribution in [0.2, 0.25) is 0 Å². The molecule has 0 unspecified atom stereocenters. The van der Waals surface area contributed by atoms with Crippen LogP contribution in [-0.4, -0.2) is 15.6 Å². The topological polar surface area (TPSA) is 32.6 Å². The minimum Gasteiger partial charge on any atom is -0.292 e. The molecular weight excluding hydrogens is 493 g/mol. The summed E-state index contributed by atoms with van der Waals surface area (Å²) in [5.41, 5.74) is 7.81. The van der Waals surface area contributed by atoms with Crippen LogP contribution in [0, 0.1) is 13.8 Å². The Hall–Kier alpha value is -3.74. The first-order valence-electron chi connectivity index (χ1n) is 12.3. The van der Waals surface area contributed by atoms with Gasteiger partial charge in [-0.15, -0.1) is 0 Å². The molecule has 0 saturated heterocycles. The average Bonchev–Trinajstić information content (AvgIpc) is 3.44. The third-order valence-electron chi connectivity index (χ3n) is 6.34. The zero-order valence-corrected chi connectivity index (χ0v) is 22.9. The molecule has 6 rings (SSSR count). The van der Waals surface area contributed by atoms with Crippen LogP contribution in [0.1, 0.15) is 35.8 Å². The van der Waals surface area contributed by atoms with Gasteiger partial charge < -0.3 is 0 Å². The SMILES string of the molecule is CC1=CC(C)=NC2=C(c3ccccc3)SC(=CC=Cc3sc(-c4ccccc4)c4nc(C)cc(C)[n+]34)N12. The zero-order valence-electron chi connectivity index (χ0n) is 21.3. The number of rotatable bonds is 4. The van der Waals surface area contributed by atoms with Gasteiger partial charge in [0.2, 0.25) is 0 Å². The summed E-state index contributed by atoms with van der Waals surface area (Å²) in [6, 6.07) is 23.2. The highest BCUT2D eigenvalue weighted by molar-refractivity contribution is 8.12. The molecule has 4 heterocycles. The molecule has 2 aromatic carbocycles. The van der Waals surface area contributed by atoms with E-state index < -0.39 is 0 Å². The van der Waals surface area contributed by atoms with Crippen LogP contribution < -0.4 is 4.40 Å². The Morgan fingerprint density at radius 2 is 1.59 bits per heavy atom. The van der Waals surface area contributed by atoms with Crippen molar-refractivity contribution in [3.8, 4) is 10.4 Å². The van der Waals surface area contributed by atoms with Crippen LogP contribution >= 0.6 is 23.1 Å². The molecule has 0 amide bonds. The third kappa shape index (κ3) is 4.37. The van der Waals surface area contributed by atoms with E-state index in [1.165, 1.54) is 32.3 Å². The summed E-state index contributed by atoms with van der Waals surface area (Å²) in [5, 5.41) is 2.30. The first kappa shape index (κ1) is 23.6. The third-order valence-corrected chi connectivity index (χ3v) is 8.64. The number of hydrogen-bond donors (Lipinski definition) is 0. The lowest BCUT2D eigenvalue weighted by molar-refractivity contribution is -0.518. The maximum Gasteiger partial charge on any atom is 0.347 e. The quantitative estimate of drug-likeness (QED) is 0.258. The molecule has 4 nitrogen and oxygen atoms in total. The molecule has 4 aromatic rings. The van der Waals surface area contributed by atoms with Crippen LogP contribution in [0.15, 0.2) is 106 Å². The minimum atomic E-state index is 1.01. The highest BCUT2D eigenvalue weighted by Gasteiger charge is 2.32. The maximum atomic E-state index is 4.92. The summed E-state index contributed by atoms with van der Waals surface area (Å²) in [7, 11) is 0. The molecule has 37 heavy (non-hydrogen) atoms. The minimum absolute atomic E-state index is 1.01. The fraction of sp³-hybridized carbons (Fsp3) is 0.129. The molecule has 0 saturated carbocycles. The summed E-state index contributed by atoms with van der Waals surface area (Å²) in [6.45, 7) is 8.42. The first-order chi connectivity index (χ1) is 18.0. The second-order valence-electron chi connectivity index (χ2n) is 9.19. The lowest BCUT2D eigenvalue weighted by Gasteiger charge is -2.25. The van der Waals surface area contributed by atoms with E-state index in [9.17, 15) is 0 Å². The number of allylic oxidation sites excluding steroid dienone is 4. The fourth-order valence-electron chi connectivity index (χ4n) is 4.80. The molecule has 0 spiro atoms. The van der Waals surface area contributed by atoms with Crippen LogP contribution in [0.5, 0.6) is 0 Å². The number of aryl methyl sites for hydroxylation is 2.